The topological polar surface area (TPSA) is 58.1 Å². The average molecular weight is 427 g/mol. The smallest absolute Gasteiger partial charge is 0.230 e. The minimum absolute atomic E-state index is 0.0143. The van der Waals surface area contributed by atoms with Crippen LogP contribution in [0.25, 0.3) is 10.6 Å². The third-order valence-electron chi connectivity index (χ3n) is 5.18. The molecule has 0 unspecified atom stereocenters. The molecular formula is C22H23ClN4OS. The van der Waals surface area contributed by atoms with Gasteiger partial charge in [0, 0.05) is 23.7 Å². The first-order valence-corrected chi connectivity index (χ1v) is 10.9. The maximum atomic E-state index is 12.8. The molecule has 1 fully saturated rings. The summed E-state index contributed by atoms with van der Waals surface area (Å²) in [4.78, 5) is 15.1. The lowest BCUT2D eigenvalue weighted by molar-refractivity contribution is -0.121. The maximum Gasteiger partial charge on any atom is 0.230 e. The van der Waals surface area contributed by atoms with Gasteiger partial charge < -0.3 is 5.32 Å². The molecule has 1 aliphatic rings. The summed E-state index contributed by atoms with van der Waals surface area (Å²) < 4.78 is 0. The average Bonchev–Trinajstić information content (AvgIpc) is 3.19. The van der Waals surface area contributed by atoms with Crippen molar-refractivity contribution in [3.63, 3.8) is 0 Å². The number of carbonyl (C=O) groups is 1. The van der Waals surface area contributed by atoms with Crippen molar-refractivity contribution < 1.29 is 4.79 Å². The fourth-order valence-corrected chi connectivity index (χ4v) is 4.52. The molecule has 0 aliphatic carbocycles. The molecule has 0 spiro atoms. The number of anilines is 1. The Bertz CT molecular complexity index is 988. The molecule has 29 heavy (non-hydrogen) atoms. The number of hydrogen-bond donors (Lipinski definition) is 1. The van der Waals surface area contributed by atoms with Gasteiger partial charge >= 0.3 is 0 Å². The van der Waals surface area contributed by atoms with Gasteiger partial charge in [0.2, 0.25) is 11.0 Å². The quantitative estimate of drug-likeness (QED) is 0.622. The van der Waals surface area contributed by atoms with Crippen LogP contribution in [0.4, 0.5) is 5.13 Å². The first kappa shape index (κ1) is 20.0. The zero-order chi connectivity index (χ0) is 20.2. The molecule has 1 atom stereocenters. The largest absolute Gasteiger partial charge is 0.300 e. The Hall–Kier alpha value is -2.28. The van der Waals surface area contributed by atoms with E-state index < -0.39 is 0 Å². The third-order valence-corrected chi connectivity index (χ3v) is 6.44. The Kier molecular flexibility index (Phi) is 6.23. The van der Waals surface area contributed by atoms with Gasteiger partial charge in [-0.2, -0.15) is 0 Å². The number of nitrogens with zero attached hydrogens (tertiary/aromatic N) is 3. The molecule has 3 aromatic rings. The van der Waals surface area contributed by atoms with Gasteiger partial charge in [0.05, 0.1) is 5.92 Å². The Balaban J connectivity index is 1.37. The number of nitrogens with one attached hydrogen (secondary N) is 1. The third kappa shape index (κ3) is 5.01. The molecule has 7 heteroatoms. The second kappa shape index (κ2) is 9.03. The maximum absolute atomic E-state index is 12.8. The predicted octanol–water partition coefficient (Wildman–Crippen LogP) is 5.02. The summed E-state index contributed by atoms with van der Waals surface area (Å²) in [6.45, 7) is 4.51. The molecular weight excluding hydrogens is 404 g/mol. The Morgan fingerprint density at radius 1 is 1.21 bits per heavy atom. The standard InChI is InChI=1S/C22H23ClN4OS/c1-15-8-10-16(11-9-15)21-25-26-22(29-21)24-20(28)18-6-4-12-27(14-18)13-17-5-2-3-7-19(17)23/h2-3,5,7-11,18H,4,6,12-14H2,1H3,(H,24,26,28)/t18-/m0/s1. The molecule has 1 saturated heterocycles. The monoisotopic (exact) mass is 426 g/mol. The lowest BCUT2D eigenvalue weighted by Gasteiger charge is -2.32. The van der Waals surface area contributed by atoms with Gasteiger partial charge in [0.25, 0.3) is 0 Å². The second-order valence-corrected chi connectivity index (χ2v) is 8.82. The number of rotatable bonds is 5. The predicted molar refractivity (Wildman–Crippen MR) is 118 cm³/mol. The lowest BCUT2D eigenvalue weighted by atomic mass is 9.97. The zero-order valence-electron chi connectivity index (χ0n) is 16.3. The molecule has 2 aromatic carbocycles. The minimum atomic E-state index is -0.0574. The normalized spacial score (nSPS) is 17.2. The highest BCUT2D eigenvalue weighted by Gasteiger charge is 2.27. The fourth-order valence-electron chi connectivity index (χ4n) is 3.57. The number of aromatic nitrogens is 2. The number of aryl methyl sites for hydroxylation is 1. The molecule has 150 valence electrons. The molecule has 5 nitrogen and oxygen atoms in total. The summed E-state index contributed by atoms with van der Waals surface area (Å²) in [5, 5.41) is 13.5. The van der Waals surface area contributed by atoms with E-state index in [1.165, 1.54) is 16.9 Å². The van der Waals surface area contributed by atoms with E-state index in [-0.39, 0.29) is 11.8 Å². The number of amides is 1. The molecule has 0 radical (unpaired) electrons. The number of benzene rings is 2. The van der Waals surface area contributed by atoms with Gasteiger partial charge in [-0.15, -0.1) is 10.2 Å². The van der Waals surface area contributed by atoms with Crippen molar-refractivity contribution in [2.45, 2.75) is 26.3 Å². The van der Waals surface area contributed by atoms with Crippen molar-refractivity contribution in [2.75, 3.05) is 18.4 Å². The van der Waals surface area contributed by atoms with Crippen molar-refractivity contribution >= 4 is 34.0 Å². The van der Waals surface area contributed by atoms with Crippen LogP contribution in [0.5, 0.6) is 0 Å². The van der Waals surface area contributed by atoms with Crippen molar-refractivity contribution in [1.82, 2.24) is 15.1 Å². The highest BCUT2D eigenvalue weighted by Crippen LogP contribution is 2.28. The summed E-state index contributed by atoms with van der Waals surface area (Å²) in [5.41, 5.74) is 3.31. The van der Waals surface area contributed by atoms with E-state index in [0.717, 1.165) is 53.6 Å². The van der Waals surface area contributed by atoms with Gasteiger partial charge in [-0.25, -0.2) is 0 Å². The van der Waals surface area contributed by atoms with Crippen molar-refractivity contribution in [1.29, 1.82) is 0 Å². The van der Waals surface area contributed by atoms with Gasteiger partial charge in [-0.1, -0.05) is 71.0 Å². The van der Waals surface area contributed by atoms with Crippen molar-refractivity contribution in [3.05, 3.63) is 64.7 Å². The molecule has 1 N–H and O–H groups in total. The van der Waals surface area contributed by atoms with Crippen LogP contribution in [-0.4, -0.2) is 34.1 Å². The number of carbonyl (C=O) groups excluding carboxylic acids is 1. The summed E-state index contributed by atoms with van der Waals surface area (Å²) >= 11 is 7.70. The molecule has 1 amide bonds. The van der Waals surface area contributed by atoms with Gasteiger partial charge in [0.15, 0.2) is 0 Å². The molecule has 0 bridgehead atoms. The first-order chi connectivity index (χ1) is 14.1. The molecule has 4 rings (SSSR count). The van der Waals surface area contributed by atoms with Crippen LogP contribution in [0.3, 0.4) is 0 Å². The molecule has 1 aromatic heterocycles. The van der Waals surface area contributed by atoms with Gasteiger partial charge in [-0.05, 0) is 37.9 Å². The van der Waals surface area contributed by atoms with Crippen LogP contribution in [0, 0.1) is 12.8 Å². The first-order valence-electron chi connectivity index (χ1n) is 9.75. The number of likely N-dealkylation sites (tertiary alicyclic amines) is 1. The lowest BCUT2D eigenvalue weighted by Crippen LogP contribution is -2.40. The van der Waals surface area contributed by atoms with E-state index >= 15 is 0 Å². The van der Waals surface area contributed by atoms with Crippen LogP contribution in [-0.2, 0) is 11.3 Å². The van der Waals surface area contributed by atoms with Crippen LogP contribution < -0.4 is 5.32 Å². The summed E-state index contributed by atoms with van der Waals surface area (Å²) in [7, 11) is 0. The van der Waals surface area contributed by atoms with Crippen LogP contribution in [0.2, 0.25) is 5.02 Å². The van der Waals surface area contributed by atoms with Crippen molar-refractivity contribution in [3.8, 4) is 10.6 Å². The number of piperidine rings is 1. The summed E-state index contributed by atoms with van der Waals surface area (Å²) in [6.07, 6.45) is 1.88. The van der Waals surface area contributed by atoms with E-state index in [4.69, 9.17) is 11.6 Å². The Morgan fingerprint density at radius 2 is 2.00 bits per heavy atom. The van der Waals surface area contributed by atoms with Crippen molar-refractivity contribution in [2.24, 2.45) is 5.92 Å². The second-order valence-electron chi connectivity index (χ2n) is 7.43. The number of hydrogen-bond acceptors (Lipinski definition) is 5. The molecule has 0 saturated carbocycles. The van der Waals surface area contributed by atoms with Crippen LogP contribution >= 0.6 is 22.9 Å². The molecule has 2 heterocycles. The Labute approximate surface area is 179 Å². The summed E-state index contributed by atoms with van der Waals surface area (Å²) in [5.74, 6) is -0.0431. The molecule has 1 aliphatic heterocycles. The fraction of sp³-hybridized carbons (Fsp3) is 0.318. The highest BCUT2D eigenvalue weighted by molar-refractivity contribution is 7.18. The van der Waals surface area contributed by atoms with Gasteiger partial charge in [-0.3, -0.25) is 9.69 Å². The van der Waals surface area contributed by atoms with E-state index in [2.05, 4.69) is 27.3 Å². The van der Waals surface area contributed by atoms with Gasteiger partial charge in [0.1, 0.15) is 5.01 Å². The highest BCUT2D eigenvalue weighted by atomic mass is 35.5. The van der Waals surface area contributed by atoms with E-state index in [9.17, 15) is 4.79 Å². The number of halogens is 1. The SMILES string of the molecule is Cc1ccc(-c2nnc(NC(=O)[C@H]3CCCN(Cc4ccccc4Cl)C3)s2)cc1. The zero-order valence-corrected chi connectivity index (χ0v) is 17.8. The van der Waals surface area contributed by atoms with E-state index in [1.807, 2.05) is 48.5 Å². The van der Waals surface area contributed by atoms with E-state index in [1.54, 1.807) is 0 Å². The van der Waals surface area contributed by atoms with E-state index in [0.29, 0.717) is 5.13 Å². The summed E-state index contributed by atoms with van der Waals surface area (Å²) in [6, 6.07) is 16.0. The Morgan fingerprint density at radius 3 is 2.79 bits per heavy atom. The minimum Gasteiger partial charge on any atom is -0.300 e. The van der Waals surface area contributed by atoms with Crippen LogP contribution in [0.15, 0.2) is 48.5 Å². The van der Waals surface area contributed by atoms with Crippen LogP contribution in [0.1, 0.15) is 24.0 Å².